The van der Waals surface area contributed by atoms with Crippen LogP contribution >= 0.6 is 0 Å². The minimum atomic E-state index is -3.58. The number of piperidine rings is 2. The van der Waals surface area contributed by atoms with E-state index in [1.165, 1.54) is 14.1 Å². The van der Waals surface area contributed by atoms with Gasteiger partial charge in [-0.3, -0.25) is 4.90 Å². The standard InChI is InChI=1S/C21H34N4O6S2/c1-23(2)33(30,31)22-7-4-10-32(28,29)25-8-3-5-16-14-24-9-6-15-11-20(26)21(27)12-17(15)19(24)13-18(16)25/h11-12,16,18-19,22,26-27H,3-10,13-14H2,1-2H3/t16-,18+,19-/m0/s1. The normalized spacial score (nSPS) is 26.6. The van der Waals surface area contributed by atoms with Crippen molar-refractivity contribution in [2.75, 3.05) is 46.0 Å². The number of phenols is 2. The summed E-state index contributed by atoms with van der Waals surface area (Å²) in [5.41, 5.74) is 1.97. The van der Waals surface area contributed by atoms with Crippen molar-refractivity contribution in [2.24, 2.45) is 5.92 Å². The molecule has 3 heterocycles. The van der Waals surface area contributed by atoms with E-state index in [1.807, 2.05) is 0 Å². The van der Waals surface area contributed by atoms with Crippen LogP contribution in [-0.4, -0.2) is 92.6 Å². The van der Waals surface area contributed by atoms with E-state index in [0.29, 0.717) is 13.0 Å². The molecule has 4 rings (SSSR count). The maximum absolute atomic E-state index is 13.3. The molecule has 12 heteroatoms. The molecule has 0 amide bonds. The van der Waals surface area contributed by atoms with Crippen LogP contribution in [0.25, 0.3) is 0 Å². The van der Waals surface area contributed by atoms with Crippen LogP contribution < -0.4 is 4.72 Å². The molecule has 33 heavy (non-hydrogen) atoms. The Bertz CT molecular complexity index is 1090. The molecular weight excluding hydrogens is 468 g/mol. The number of aromatic hydroxyl groups is 2. The summed E-state index contributed by atoms with van der Waals surface area (Å²) < 4.78 is 55.3. The van der Waals surface area contributed by atoms with Crippen molar-refractivity contribution in [3.8, 4) is 11.5 Å². The molecule has 0 radical (unpaired) electrons. The average molecular weight is 503 g/mol. The van der Waals surface area contributed by atoms with E-state index in [1.54, 1.807) is 16.4 Å². The van der Waals surface area contributed by atoms with E-state index in [0.717, 1.165) is 47.8 Å². The molecule has 2 saturated heterocycles. The first-order valence-corrected chi connectivity index (χ1v) is 14.5. The van der Waals surface area contributed by atoms with Gasteiger partial charge < -0.3 is 10.2 Å². The van der Waals surface area contributed by atoms with Crippen LogP contribution in [0.1, 0.15) is 42.9 Å². The first-order valence-electron chi connectivity index (χ1n) is 11.4. The zero-order valence-electron chi connectivity index (χ0n) is 19.1. The topological polar surface area (TPSA) is 130 Å². The van der Waals surface area contributed by atoms with E-state index in [2.05, 4.69) is 9.62 Å². The van der Waals surface area contributed by atoms with Crippen LogP contribution in [0.5, 0.6) is 11.5 Å². The molecule has 10 nitrogen and oxygen atoms in total. The summed E-state index contributed by atoms with van der Waals surface area (Å²) in [6, 6.07) is 3.13. The fourth-order valence-corrected chi connectivity index (χ4v) is 7.96. The third-order valence-electron chi connectivity index (χ3n) is 7.21. The summed E-state index contributed by atoms with van der Waals surface area (Å²) in [7, 11) is -4.28. The zero-order valence-corrected chi connectivity index (χ0v) is 20.8. The second-order valence-electron chi connectivity index (χ2n) is 9.47. The molecule has 0 spiro atoms. The van der Waals surface area contributed by atoms with Gasteiger partial charge in [0.05, 0.1) is 5.75 Å². The van der Waals surface area contributed by atoms with Crippen molar-refractivity contribution in [3.63, 3.8) is 0 Å². The van der Waals surface area contributed by atoms with Gasteiger partial charge in [-0.25, -0.2) is 13.1 Å². The maximum Gasteiger partial charge on any atom is 0.278 e. The minimum absolute atomic E-state index is 0.00389. The molecule has 0 saturated carbocycles. The number of hydrogen-bond acceptors (Lipinski definition) is 7. The minimum Gasteiger partial charge on any atom is -0.504 e. The van der Waals surface area contributed by atoms with Crippen LogP contribution in [0.15, 0.2) is 12.1 Å². The lowest BCUT2D eigenvalue weighted by Crippen LogP contribution is -2.57. The van der Waals surface area contributed by atoms with E-state index < -0.39 is 20.2 Å². The molecule has 0 aliphatic carbocycles. The zero-order chi connectivity index (χ0) is 24.0. The molecule has 1 aromatic carbocycles. The van der Waals surface area contributed by atoms with Gasteiger partial charge in [-0.05, 0) is 61.3 Å². The van der Waals surface area contributed by atoms with Crippen LogP contribution in [0.3, 0.4) is 0 Å². The Balaban J connectivity index is 1.48. The fourth-order valence-electron chi connectivity index (χ4n) is 5.48. The monoisotopic (exact) mass is 502 g/mol. The highest BCUT2D eigenvalue weighted by molar-refractivity contribution is 7.89. The third-order valence-corrected chi connectivity index (χ3v) is 10.7. The lowest BCUT2D eigenvalue weighted by Gasteiger charge is -2.51. The molecule has 0 aromatic heterocycles. The molecule has 2 fully saturated rings. The largest absolute Gasteiger partial charge is 0.504 e. The van der Waals surface area contributed by atoms with Crippen molar-refractivity contribution >= 4 is 20.2 Å². The van der Waals surface area contributed by atoms with Gasteiger partial charge in [-0.2, -0.15) is 17.0 Å². The Hall–Kier alpha value is -1.44. The Morgan fingerprint density at radius 3 is 2.58 bits per heavy atom. The highest BCUT2D eigenvalue weighted by Gasteiger charge is 2.45. The molecule has 3 N–H and O–H groups in total. The predicted molar refractivity (Wildman–Crippen MR) is 125 cm³/mol. The molecule has 3 aliphatic heterocycles. The third kappa shape index (κ3) is 5.01. The lowest BCUT2D eigenvalue weighted by atomic mass is 9.77. The van der Waals surface area contributed by atoms with Crippen LogP contribution in [-0.2, 0) is 26.7 Å². The summed E-state index contributed by atoms with van der Waals surface area (Å²) in [6.07, 6.45) is 3.44. The van der Waals surface area contributed by atoms with Gasteiger partial charge >= 0.3 is 0 Å². The average Bonchev–Trinajstić information content (AvgIpc) is 2.76. The number of sulfonamides is 1. The van der Waals surface area contributed by atoms with Gasteiger partial charge in [-0.15, -0.1) is 0 Å². The first kappa shape index (κ1) is 24.7. The molecule has 3 aliphatic rings. The maximum atomic E-state index is 13.3. The number of hydrogen-bond donors (Lipinski definition) is 3. The van der Waals surface area contributed by atoms with Gasteiger partial charge in [0.25, 0.3) is 10.2 Å². The fraction of sp³-hybridized carbons (Fsp3) is 0.714. The predicted octanol–water partition coefficient (Wildman–Crippen LogP) is 0.597. The van der Waals surface area contributed by atoms with Crippen LogP contribution in [0, 0.1) is 5.92 Å². The van der Waals surface area contributed by atoms with E-state index in [-0.39, 0.29) is 48.2 Å². The molecule has 0 unspecified atom stereocenters. The van der Waals surface area contributed by atoms with Crippen molar-refractivity contribution < 1.29 is 27.0 Å². The number of rotatable bonds is 7. The van der Waals surface area contributed by atoms with Crippen molar-refractivity contribution in [1.82, 2.24) is 18.2 Å². The number of fused-ring (bicyclic) bond motifs is 4. The smallest absolute Gasteiger partial charge is 0.278 e. The van der Waals surface area contributed by atoms with Crippen molar-refractivity contribution in [1.29, 1.82) is 0 Å². The Morgan fingerprint density at radius 1 is 1.12 bits per heavy atom. The summed E-state index contributed by atoms with van der Waals surface area (Å²) in [4.78, 5) is 2.38. The van der Waals surface area contributed by atoms with E-state index >= 15 is 0 Å². The van der Waals surface area contributed by atoms with Crippen molar-refractivity contribution in [2.45, 2.75) is 44.2 Å². The number of nitrogens with zero attached hydrogens (tertiary/aromatic N) is 3. The lowest BCUT2D eigenvalue weighted by molar-refractivity contribution is 0.0218. The molecule has 0 bridgehead atoms. The Kier molecular flexibility index (Phi) is 6.96. The Labute approximate surface area is 196 Å². The van der Waals surface area contributed by atoms with Gasteiger partial charge in [0.1, 0.15) is 0 Å². The van der Waals surface area contributed by atoms with Crippen molar-refractivity contribution in [3.05, 3.63) is 23.3 Å². The molecular formula is C21H34N4O6S2. The van der Waals surface area contributed by atoms with Crippen LogP contribution in [0.4, 0.5) is 0 Å². The van der Waals surface area contributed by atoms with Gasteiger partial charge in [-0.1, -0.05) is 0 Å². The molecule has 3 atom stereocenters. The van der Waals surface area contributed by atoms with E-state index in [9.17, 15) is 27.0 Å². The van der Waals surface area contributed by atoms with Crippen LogP contribution in [0.2, 0.25) is 0 Å². The summed E-state index contributed by atoms with van der Waals surface area (Å²) in [5, 5.41) is 20.0. The highest BCUT2D eigenvalue weighted by Crippen LogP contribution is 2.45. The number of nitrogens with one attached hydrogen (secondary N) is 1. The second kappa shape index (κ2) is 9.31. The summed E-state index contributed by atoms with van der Waals surface area (Å²) in [5.74, 6) is -0.121. The number of benzene rings is 1. The van der Waals surface area contributed by atoms with E-state index in [4.69, 9.17) is 0 Å². The number of phenolic OH excluding ortho intramolecular Hbond substituents is 2. The van der Waals surface area contributed by atoms with Gasteiger partial charge in [0.15, 0.2) is 11.5 Å². The second-order valence-corrected chi connectivity index (χ2v) is 13.5. The molecule has 186 valence electrons. The SMILES string of the molecule is CN(C)S(=O)(=O)NCCCS(=O)(=O)N1CCC[C@H]2CN3CCc4cc(O)c(O)cc4[C@@H]3C[C@H]21. The van der Waals surface area contributed by atoms with Gasteiger partial charge in [0, 0.05) is 52.4 Å². The first-order chi connectivity index (χ1) is 15.5. The molecule has 1 aromatic rings. The quantitative estimate of drug-likeness (QED) is 0.368. The Morgan fingerprint density at radius 2 is 1.85 bits per heavy atom. The highest BCUT2D eigenvalue weighted by atomic mass is 32.2. The summed E-state index contributed by atoms with van der Waals surface area (Å²) >= 11 is 0. The summed E-state index contributed by atoms with van der Waals surface area (Å²) in [6.45, 7) is 2.20. The van der Waals surface area contributed by atoms with Gasteiger partial charge in [0.2, 0.25) is 10.0 Å².